The first-order chi connectivity index (χ1) is 13.3. The minimum atomic E-state index is -3.07. The Kier molecular flexibility index (Phi) is 5.05. The summed E-state index contributed by atoms with van der Waals surface area (Å²) in [6, 6.07) is 15.5. The molecule has 5 nitrogen and oxygen atoms in total. The highest BCUT2D eigenvalue weighted by Gasteiger charge is 2.49. The number of thioether (sulfide) groups is 1. The van der Waals surface area contributed by atoms with Crippen LogP contribution in [0.2, 0.25) is 0 Å². The molecule has 0 N–H and O–H groups in total. The van der Waals surface area contributed by atoms with Gasteiger partial charge in [-0.05, 0) is 31.0 Å². The number of fused-ring (bicyclic) bond motifs is 1. The van der Waals surface area contributed by atoms with Crippen LogP contribution in [0, 0.1) is 13.8 Å². The molecule has 7 heteroatoms. The number of aryl methyl sites for hydroxylation is 2. The lowest BCUT2D eigenvalue weighted by Gasteiger charge is -2.26. The van der Waals surface area contributed by atoms with Crippen molar-refractivity contribution in [1.82, 2.24) is 0 Å². The lowest BCUT2D eigenvalue weighted by Crippen LogP contribution is -2.38. The van der Waals surface area contributed by atoms with Gasteiger partial charge in [-0.3, -0.25) is 4.79 Å². The van der Waals surface area contributed by atoms with Crippen LogP contribution in [0.15, 0.2) is 53.5 Å². The highest BCUT2D eigenvalue weighted by atomic mass is 32.2. The van der Waals surface area contributed by atoms with Crippen LogP contribution in [0.5, 0.6) is 0 Å². The van der Waals surface area contributed by atoms with Crippen LogP contribution in [-0.4, -0.2) is 42.3 Å². The number of rotatable bonds is 3. The van der Waals surface area contributed by atoms with E-state index in [-0.39, 0.29) is 35.1 Å². The maximum absolute atomic E-state index is 12.6. The minimum Gasteiger partial charge on any atom is -0.315 e. The molecule has 2 fully saturated rings. The summed E-state index contributed by atoms with van der Waals surface area (Å²) in [6.45, 7) is 3.98. The Morgan fingerprint density at radius 2 is 1.93 bits per heavy atom. The standard InChI is InChI=1S/C21H22N2O3S2/c1-14-6-5-8-16(10-14)11-20(24)22-21-23(17-9-4-3-7-15(17)2)18-12-28(25,26)13-19(18)27-21/h3-10,18-19H,11-13H2,1-2H3/t18-,19-/m1/s1. The third-order valence-corrected chi connectivity index (χ3v) is 8.31. The zero-order valence-corrected chi connectivity index (χ0v) is 17.5. The number of carbonyl (C=O) groups excluding carboxylic acids is 1. The highest BCUT2D eigenvalue weighted by molar-refractivity contribution is 8.16. The van der Waals surface area contributed by atoms with Crippen LogP contribution in [-0.2, 0) is 21.1 Å². The molecule has 1 amide bonds. The van der Waals surface area contributed by atoms with Crippen molar-refractivity contribution in [2.75, 3.05) is 16.4 Å². The van der Waals surface area contributed by atoms with Crippen molar-refractivity contribution in [3.63, 3.8) is 0 Å². The summed E-state index contributed by atoms with van der Waals surface area (Å²) in [7, 11) is -3.07. The van der Waals surface area contributed by atoms with E-state index >= 15 is 0 Å². The first-order valence-electron chi connectivity index (χ1n) is 9.21. The van der Waals surface area contributed by atoms with Crippen molar-refractivity contribution >= 4 is 38.4 Å². The fourth-order valence-corrected chi connectivity index (χ4v) is 7.75. The molecule has 2 aromatic rings. The lowest BCUT2D eigenvalue weighted by molar-refractivity contribution is -0.117. The summed E-state index contributed by atoms with van der Waals surface area (Å²) in [5.74, 6) is 0.0226. The van der Waals surface area contributed by atoms with Gasteiger partial charge in [0.15, 0.2) is 15.0 Å². The Balaban J connectivity index is 1.66. The highest BCUT2D eigenvalue weighted by Crippen LogP contribution is 2.41. The fraction of sp³-hybridized carbons (Fsp3) is 0.333. The summed E-state index contributed by atoms with van der Waals surface area (Å²) in [5.41, 5.74) is 3.99. The van der Waals surface area contributed by atoms with Gasteiger partial charge in [-0.1, -0.05) is 59.8 Å². The predicted octanol–water partition coefficient (Wildman–Crippen LogP) is 3.15. The molecular weight excluding hydrogens is 392 g/mol. The second kappa shape index (κ2) is 7.37. The number of hydrogen-bond donors (Lipinski definition) is 0. The van der Waals surface area contributed by atoms with Crippen LogP contribution in [0.1, 0.15) is 16.7 Å². The molecule has 0 unspecified atom stereocenters. The second-order valence-electron chi connectivity index (χ2n) is 7.41. The normalized spacial score (nSPS) is 24.5. The summed E-state index contributed by atoms with van der Waals surface area (Å²) in [4.78, 5) is 19.0. The van der Waals surface area contributed by atoms with Gasteiger partial charge in [0.2, 0.25) is 0 Å². The first-order valence-corrected chi connectivity index (χ1v) is 11.9. The molecule has 0 aromatic heterocycles. The monoisotopic (exact) mass is 414 g/mol. The Hall–Kier alpha value is -2.12. The molecule has 2 atom stereocenters. The van der Waals surface area contributed by atoms with E-state index in [0.717, 1.165) is 22.4 Å². The van der Waals surface area contributed by atoms with Gasteiger partial charge in [0.05, 0.1) is 24.0 Å². The van der Waals surface area contributed by atoms with E-state index in [9.17, 15) is 13.2 Å². The molecule has 4 rings (SSSR count). The number of nitrogens with zero attached hydrogens (tertiary/aromatic N) is 2. The molecule has 146 valence electrons. The number of amidine groups is 1. The van der Waals surface area contributed by atoms with Gasteiger partial charge in [0.25, 0.3) is 5.91 Å². The van der Waals surface area contributed by atoms with Crippen LogP contribution in [0.25, 0.3) is 0 Å². The van der Waals surface area contributed by atoms with Gasteiger partial charge in [0.1, 0.15) is 0 Å². The maximum atomic E-state index is 12.6. The molecule has 0 saturated carbocycles. The van der Waals surface area contributed by atoms with Crippen molar-refractivity contribution in [2.24, 2.45) is 4.99 Å². The SMILES string of the molecule is Cc1cccc(CC(=O)N=C2S[C@@H]3CS(=O)(=O)C[C@H]3N2c2ccccc2C)c1. The Labute approximate surface area is 169 Å². The minimum absolute atomic E-state index is 0.0878. The van der Waals surface area contributed by atoms with Crippen molar-refractivity contribution in [3.8, 4) is 0 Å². The van der Waals surface area contributed by atoms with E-state index < -0.39 is 9.84 Å². The zero-order chi connectivity index (χ0) is 19.9. The van der Waals surface area contributed by atoms with E-state index in [1.807, 2.05) is 67.3 Å². The summed E-state index contributed by atoms with van der Waals surface area (Å²) in [5, 5.41) is 0.520. The quantitative estimate of drug-likeness (QED) is 0.772. The molecule has 28 heavy (non-hydrogen) atoms. The van der Waals surface area contributed by atoms with Crippen molar-refractivity contribution in [1.29, 1.82) is 0 Å². The molecular formula is C21H22N2O3S2. The van der Waals surface area contributed by atoms with Crippen molar-refractivity contribution < 1.29 is 13.2 Å². The van der Waals surface area contributed by atoms with Gasteiger partial charge in [0, 0.05) is 10.9 Å². The van der Waals surface area contributed by atoms with Crippen LogP contribution >= 0.6 is 11.8 Å². The molecule has 2 heterocycles. The number of anilines is 1. The third kappa shape index (κ3) is 3.86. The van der Waals surface area contributed by atoms with Crippen molar-refractivity contribution in [2.45, 2.75) is 31.6 Å². The van der Waals surface area contributed by atoms with Crippen LogP contribution in [0.3, 0.4) is 0 Å². The average Bonchev–Trinajstić information content (AvgIpc) is 3.06. The molecule has 2 aliphatic heterocycles. The topological polar surface area (TPSA) is 66.8 Å². The van der Waals surface area contributed by atoms with Crippen LogP contribution < -0.4 is 4.90 Å². The summed E-state index contributed by atoms with van der Waals surface area (Å²) < 4.78 is 24.3. The molecule has 0 aliphatic carbocycles. The van der Waals surface area contributed by atoms with E-state index in [1.54, 1.807) is 0 Å². The number of carbonyl (C=O) groups is 1. The smallest absolute Gasteiger partial charge is 0.252 e. The summed E-state index contributed by atoms with van der Waals surface area (Å²) >= 11 is 1.41. The molecule has 0 radical (unpaired) electrons. The number of amides is 1. The van der Waals surface area contributed by atoms with E-state index in [0.29, 0.717) is 5.17 Å². The van der Waals surface area contributed by atoms with Gasteiger partial charge < -0.3 is 4.90 Å². The number of para-hydroxylation sites is 1. The summed E-state index contributed by atoms with van der Waals surface area (Å²) in [6.07, 6.45) is 0.237. The largest absolute Gasteiger partial charge is 0.315 e. The lowest BCUT2D eigenvalue weighted by atomic mass is 10.1. The molecule has 2 aliphatic rings. The number of sulfone groups is 1. The van der Waals surface area contributed by atoms with Gasteiger partial charge in [-0.2, -0.15) is 4.99 Å². The Bertz CT molecular complexity index is 1060. The van der Waals surface area contributed by atoms with Crippen LogP contribution in [0.4, 0.5) is 5.69 Å². The molecule has 0 spiro atoms. The number of aliphatic imine (C=N–C) groups is 1. The maximum Gasteiger partial charge on any atom is 0.252 e. The van der Waals surface area contributed by atoms with E-state index in [1.165, 1.54) is 11.8 Å². The first kappa shape index (κ1) is 19.2. The van der Waals surface area contributed by atoms with Crippen molar-refractivity contribution in [3.05, 3.63) is 65.2 Å². The molecule has 0 bridgehead atoms. The van der Waals surface area contributed by atoms with Gasteiger partial charge in [-0.15, -0.1) is 0 Å². The zero-order valence-electron chi connectivity index (χ0n) is 15.8. The number of benzene rings is 2. The fourth-order valence-electron chi connectivity index (χ4n) is 3.82. The van der Waals surface area contributed by atoms with E-state index in [4.69, 9.17) is 0 Å². The second-order valence-corrected chi connectivity index (χ2v) is 10.8. The molecule has 2 aromatic carbocycles. The Morgan fingerprint density at radius 3 is 2.68 bits per heavy atom. The Morgan fingerprint density at radius 1 is 1.14 bits per heavy atom. The molecule has 2 saturated heterocycles. The average molecular weight is 415 g/mol. The van der Waals surface area contributed by atoms with Gasteiger partial charge in [-0.25, -0.2) is 8.42 Å². The van der Waals surface area contributed by atoms with Gasteiger partial charge >= 0.3 is 0 Å². The van der Waals surface area contributed by atoms with E-state index in [2.05, 4.69) is 4.99 Å². The number of hydrogen-bond acceptors (Lipinski definition) is 4. The predicted molar refractivity (Wildman–Crippen MR) is 115 cm³/mol. The third-order valence-electron chi connectivity index (χ3n) is 5.10.